The first-order valence-electron chi connectivity index (χ1n) is 5.56. The molecule has 0 radical (unpaired) electrons. The third-order valence-corrected chi connectivity index (χ3v) is 2.41. The lowest BCUT2D eigenvalue weighted by Gasteiger charge is -2.19. The lowest BCUT2D eigenvalue weighted by molar-refractivity contribution is -0.141. The summed E-state index contributed by atoms with van der Waals surface area (Å²) in [5, 5.41) is 13.3. The molecule has 1 aromatic rings. The van der Waals surface area contributed by atoms with E-state index in [1.54, 1.807) is 30.3 Å². The van der Waals surface area contributed by atoms with Crippen molar-refractivity contribution in [3.8, 4) is 0 Å². The number of hydrogen-bond acceptors (Lipinski definition) is 3. The second-order valence-electron chi connectivity index (χ2n) is 3.92. The van der Waals surface area contributed by atoms with Gasteiger partial charge in [-0.25, -0.2) is 4.79 Å². The van der Waals surface area contributed by atoms with Gasteiger partial charge in [-0.3, -0.25) is 9.59 Å². The summed E-state index contributed by atoms with van der Waals surface area (Å²) in [6.45, 7) is 1.33. The maximum atomic E-state index is 11.9. The van der Waals surface area contributed by atoms with Gasteiger partial charge in [0.05, 0.1) is 0 Å². The Morgan fingerprint density at radius 3 is 2.21 bits per heavy atom. The van der Waals surface area contributed by atoms with Crippen LogP contribution in [0.2, 0.25) is 0 Å². The van der Waals surface area contributed by atoms with E-state index in [0.717, 1.165) is 0 Å². The van der Waals surface area contributed by atoms with Gasteiger partial charge in [0.15, 0.2) is 0 Å². The Hall–Kier alpha value is -2.57. The van der Waals surface area contributed by atoms with E-state index in [2.05, 4.69) is 10.6 Å². The molecule has 0 aromatic heterocycles. The number of nitrogens with one attached hydrogen (secondary N) is 2. The molecule has 0 spiro atoms. The number of carbonyl (C=O) groups is 3. The molecule has 0 bridgehead atoms. The Morgan fingerprint density at radius 1 is 1.16 bits per heavy atom. The summed E-state index contributed by atoms with van der Waals surface area (Å²) >= 11 is 0. The van der Waals surface area contributed by atoms with Gasteiger partial charge in [0.2, 0.25) is 5.91 Å². The molecule has 0 saturated carbocycles. The second kappa shape index (κ2) is 6.39. The van der Waals surface area contributed by atoms with Crippen LogP contribution in [-0.2, 0) is 9.59 Å². The highest BCUT2D eigenvalue weighted by molar-refractivity contribution is 5.90. The zero-order valence-electron chi connectivity index (χ0n) is 10.3. The van der Waals surface area contributed by atoms with Crippen molar-refractivity contribution < 1.29 is 19.5 Å². The predicted octanol–water partition coefficient (Wildman–Crippen LogP) is -0.0147. The van der Waals surface area contributed by atoms with Crippen LogP contribution in [0.1, 0.15) is 18.5 Å². The van der Waals surface area contributed by atoms with Gasteiger partial charge in [0, 0.05) is 0 Å². The molecule has 102 valence electrons. The molecule has 0 fully saturated rings. The minimum absolute atomic E-state index is 0.511. The fourth-order valence-electron chi connectivity index (χ4n) is 1.45. The van der Waals surface area contributed by atoms with Crippen molar-refractivity contribution in [2.75, 3.05) is 0 Å². The Morgan fingerprint density at radius 2 is 1.74 bits per heavy atom. The fourth-order valence-corrected chi connectivity index (χ4v) is 1.45. The number of hydrogen-bond donors (Lipinski definition) is 4. The lowest BCUT2D eigenvalue weighted by atomic mass is 10.1. The number of nitrogens with two attached hydrogens (primary N) is 1. The summed E-state index contributed by atoms with van der Waals surface area (Å²) < 4.78 is 0. The molecule has 0 heterocycles. The Bertz CT molecular complexity index is 475. The van der Waals surface area contributed by atoms with Gasteiger partial charge >= 0.3 is 12.0 Å². The molecule has 0 saturated heterocycles. The number of carboxylic acids is 1. The standard InChI is InChI=1S/C12H15N3O4/c1-7(11(17)18)14-10(16)9(15-12(13)19)8-5-3-2-4-6-8/h2-7,9H,1H3,(H,14,16)(H,17,18)(H3,13,15,19)/t7-,9?/m1/s1. The van der Waals surface area contributed by atoms with Crippen molar-refractivity contribution in [3.05, 3.63) is 35.9 Å². The molecular formula is C12H15N3O4. The van der Waals surface area contributed by atoms with Gasteiger partial charge in [-0.1, -0.05) is 30.3 Å². The molecule has 7 nitrogen and oxygen atoms in total. The Kier molecular flexibility index (Phi) is 4.87. The molecular weight excluding hydrogens is 250 g/mol. The van der Waals surface area contributed by atoms with Crippen LogP contribution in [0.5, 0.6) is 0 Å². The van der Waals surface area contributed by atoms with Crippen LogP contribution < -0.4 is 16.4 Å². The van der Waals surface area contributed by atoms with Crippen molar-refractivity contribution in [1.82, 2.24) is 10.6 Å². The van der Waals surface area contributed by atoms with E-state index in [1.165, 1.54) is 6.92 Å². The summed E-state index contributed by atoms with van der Waals surface area (Å²) in [5.74, 6) is -1.81. The number of aliphatic carboxylic acids is 1. The van der Waals surface area contributed by atoms with Gasteiger partial charge in [0.25, 0.3) is 0 Å². The van der Waals surface area contributed by atoms with Crippen LogP contribution in [0.15, 0.2) is 30.3 Å². The van der Waals surface area contributed by atoms with Crippen LogP contribution in [-0.4, -0.2) is 29.1 Å². The van der Waals surface area contributed by atoms with Crippen molar-refractivity contribution in [2.24, 2.45) is 5.73 Å². The molecule has 19 heavy (non-hydrogen) atoms. The van der Waals surface area contributed by atoms with Crippen LogP contribution in [0, 0.1) is 0 Å². The molecule has 0 aliphatic heterocycles. The van der Waals surface area contributed by atoms with Crippen LogP contribution in [0.4, 0.5) is 4.79 Å². The molecule has 3 amide bonds. The fraction of sp³-hybridized carbons (Fsp3) is 0.250. The largest absolute Gasteiger partial charge is 0.480 e. The van der Waals surface area contributed by atoms with Crippen molar-refractivity contribution in [2.45, 2.75) is 19.0 Å². The van der Waals surface area contributed by atoms with E-state index in [0.29, 0.717) is 5.56 Å². The molecule has 0 aliphatic carbocycles. The molecule has 1 rings (SSSR count). The van der Waals surface area contributed by atoms with Crippen molar-refractivity contribution >= 4 is 17.9 Å². The number of benzene rings is 1. The van der Waals surface area contributed by atoms with Crippen LogP contribution >= 0.6 is 0 Å². The first kappa shape index (κ1) is 14.5. The second-order valence-corrected chi connectivity index (χ2v) is 3.92. The number of rotatable bonds is 5. The Labute approximate surface area is 109 Å². The SMILES string of the molecule is C[C@@H](NC(=O)C(NC(N)=O)c1ccccc1)C(=O)O. The lowest BCUT2D eigenvalue weighted by Crippen LogP contribution is -2.47. The molecule has 7 heteroatoms. The maximum absolute atomic E-state index is 11.9. The van der Waals surface area contributed by atoms with E-state index < -0.39 is 30.0 Å². The number of amides is 3. The highest BCUT2D eigenvalue weighted by Gasteiger charge is 2.24. The maximum Gasteiger partial charge on any atom is 0.325 e. The number of primary amides is 1. The van der Waals surface area contributed by atoms with E-state index >= 15 is 0 Å². The van der Waals surface area contributed by atoms with Crippen LogP contribution in [0.25, 0.3) is 0 Å². The number of urea groups is 1. The summed E-state index contributed by atoms with van der Waals surface area (Å²) in [6, 6.07) is 5.44. The quantitative estimate of drug-likeness (QED) is 0.598. The summed E-state index contributed by atoms with van der Waals surface area (Å²) in [4.78, 5) is 33.6. The smallest absolute Gasteiger partial charge is 0.325 e. The summed E-state index contributed by atoms with van der Waals surface area (Å²) in [7, 11) is 0. The molecule has 0 aliphatic rings. The van der Waals surface area contributed by atoms with Gasteiger partial charge in [0.1, 0.15) is 12.1 Å². The first-order chi connectivity index (χ1) is 8.91. The zero-order chi connectivity index (χ0) is 14.4. The zero-order valence-corrected chi connectivity index (χ0v) is 10.3. The minimum atomic E-state index is -1.17. The average Bonchev–Trinajstić information content (AvgIpc) is 2.36. The minimum Gasteiger partial charge on any atom is -0.480 e. The van der Waals surface area contributed by atoms with E-state index in [1.807, 2.05) is 0 Å². The van der Waals surface area contributed by atoms with Gasteiger partial charge in [-0.2, -0.15) is 0 Å². The normalized spacial score (nSPS) is 13.1. The third kappa shape index (κ3) is 4.30. The van der Waals surface area contributed by atoms with Crippen LogP contribution in [0.3, 0.4) is 0 Å². The van der Waals surface area contributed by atoms with Crippen molar-refractivity contribution in [3.63, 3.8) is 0 Å². The highest BCUT2D eigenvalue weighted by Crippen LogP contribution is 2.12. The predicted molar refractivity (Wildman–Crippen MR) is 67.1 cm³/mol. The summed E-state index contributed by atoms with van der Waals surface area (Å²) in [5.41, 5.74) is 5.52. The molecule has 1 unspecified atom stereocenters. The molecule has 1 aromatic carbocycles. The highest BCUT2D eigenvalue weighted by atomic mass is 16.4. The molecule has 2 atom stereocenters. The number of carbonyl (C=O) groups excluding carboxylic acids is 2. The van der Waals surface area contributed by atoms with Crippen molar-refractivity contribution in [1.29, 1.82) is 0 Å². The topological polar surface area (TPSA) is 122 Å². The molecule has 5 N–H and O–H groups in total. The van der Waals surface area contributed by atoms with E-state index in [-0.39, 0.29) is 0 Å². The monoisotopic (exact) mass is 265 g/mol. The number of carboxylic acid groups (broad SMARTS) is 1. The van der Waals surface area contributed by atoms with Gasteiger partial charge in [-0.15, -0.1) is 0 Å². The average molecular weight is 265 g/mol. The summed E-state index contributed by atoms with van der Waals surface area (Å²) in [6.07, 6.45) is 0. The van der Waals surface area contributed by atoms with E-state index in [4.69, 9.17) is 10.8 Å². The Balaban J connectivity index is 2.89. The third-order valence-electron chi connectivity index (χ3n) is 2.41. The van der Waals surface area contributed by atoms with Gasteiger partial charge in [-0.05, 0) is 12.5 Å². The first-order valence-corrected chi connectivity index (χ1v) is 5.56. The van der Waals surface area contributed by atoms with E-state index in [9.17, 15) is 14.4 Å². The van der Waals surface area contributed by atoms with Gasteiger partial charge < -0.3 is 21.5 Å².